The van der Waals surface area contributed by atoms with Gasteiger partial charge in [0.15, 0.2) is 5.82 Å². The summed E-state index contributed by atoms with van der Waals surface area (Å²) in [5.41, 5.74) is 1.50. The van der Waals surface area contributed by atoms with Gasteiger partial charge in [-0.2, -0.15) is 0 Å². The van der Waals surface area contributed by atoms with E-state index in [0.29, 0.717) is 11.5 Å². The number of hydrogen-bond acceptors (Lipinski definition) is 4. The largest absolute Gasteiger partial charge is 0.485 e. The van der Waals surface area contributed by atoms with Crippen molar-refractivity contribution in [2.75, 3.05) is 10.6 Å². The van der Waals surface area contributed by atoms with Crippen molar-refractivity contribution in [2.24, 2.45) is 0 Å². The second-order valence-corrected chi connectivity index (χ2v) is 6.59. The summed E-state index contributed by atoms with van der Waals surface area (Å²) in [5.74, 6) is 1.14. The van der Waals surface area contributed by atoms with Crippen LogP contribution in [0.4, 0.5) is 16.3 Å². The molecule has 2 heterocycles. The van der Waals surface area contributed by atoms with Gasteiger partial charge in [-0.05, 0) is 33.8 Å². The monoisotopic (exact) mass is 315 g/mol. The van der Waals surface area contributed by atoms with Crippen LogP contribution in [0.5, 0.6) is 5.75 Å². The third kappa shape index (κ3) is 3.28. The highest BCUT2D eigenvalue weighted by molar-refractivity contribution is 6.00. The molecule has 3 rings (SSSR count). The van der Waals surface area contributed by atoms with Gasteiger partial charge in [0.25, 0.3) is 0 Å². The van der Waals surface area contributed by atoms with Crippen LogP contribution in [0.1, 0.15) is 39.3 Å². The number of ether oxygens (including phenoxy) is 1. The Hall–Kier alpha value is -2.57. The van der Waals surface area contributed by atoms with E-state index in [1.54, 1.807) is 10.9 Å². The first-order chi connectivity index (χ1) is 10.8. The molecule has 0 spiro atoms. The highest BCUT2D eigenvalue weighted by Crippen LogP contribution is 2.40. The Bertz CT molecular complexity index is 736. The first kappa shape index (κ1) is 15.3. The molecule has 7 nitrogen and oxygen atoms in total. The number of rotatable bonds is 3. The van der Waals surface area contributed by atoms with E-state index in [2.05, 4.69) is 20.9 Å². The number of benzene rings is 1. The van der Waals surface area contributed by atoms with E-state index >= 15 is 0 Å². The van der Waals surface area contributed by atoms with E-state index < -0.39 is 0 Å². The SMILES string of the molecule is CC(C)n1cc(NC(=O)Nc2cccc3c2OC(C)(C)C3)nn1. The van der Waals surface area contributed by atoms with E-state index in [4.69, 9.17) is 4.74 Å². The Morgan fingerprint density at radius 1 is 1.35 bits per heavy atom. The zero-order chi connectivity index (χ0) is 16.6. The Morgan fingerprint density at radius 2 is 2.13 bits per heavy atom. The third-order valence-corrected chi connectivity index (χ3v) is 3.62. The number of nitrogens with one attached hydrogen (secondary N) is 2. The van der Waals surface area contributed by atoms with Gasteiger partial charge >= 0.3 is 6.03 Å². The van der Waals surface area contributed by atoms with Gasteiger partial charge in [0.2, 0.25) is 0 Å². The van der Waals surface area contributed by atoms with Gasteiger partial charge in [-0.1, -0.05) is 17.3 Å². The van der Waals surface area contributed by atoms with Crippen molar-refractivity contribution < 1.29 is 9.53 Å². The third-order valence-electron chi connectivity index (χ3n) is 3.62. The Balaban J connectivity index is 1.71. The second kappa shape index (κ2) is 5.57. The van der Waals surface area contributed by atoms with E-state index in [9.17, 15) is 4.79 Å². The van der Waals surface area contributed by atoms with Crippen LogP contribution in [0.2, 0.25) is 0 Å². The Labute approximate surface area is 135 Å². The second-order valence-electron chi connectivity index (χ2n) is 6.59. The first-order valence-electron chi connectivity index (χ1n) is 7.65. The molecule has 0 atom stereocenters. The predicted octanol–water partition coefficient (Wildman–Crippen LogP) is 3.22. The molecule has 0 radical (unpaired) electrons. The van der Waals surface area contributed by atoms with Crippen LogP contribution < -0.4 is 15.4 Å². The summed E-state index contributed by atoms with van der Waals surface area (Å²) in [6, 6.07) is 5.57. The summed E-state index contributed by atoms with van der Waals surface area (Å²) < 4.78 is 7.62. The molecule has 1 aromatic heterocycles. The smallest absolute Gasteiger partial charge is 0.325 e. The van der Waals surface area contributed by atoms with Crippen molar-refractivity contribution in [1.29, 1.82) is 0 Å². The summed E-state index contributed by atoms with van der Waals surface area (Å²) >= 11 is 0. The number of carbonyl (C=O) groups is 1. The summed E-state index contributed by atoms with van der Waals surface area (Å²) in [7, 11) is 0. The van der Waals surface area contributed by atoms with Crippen LogP contribution >= 0.6 is 0 Å². The van der Waals surface area contributed by atoms with Gasteiger partial charge in [0.05, 0.1) is 11.9 Å². The Morgan fingerprint density at radius 3 is 2.83 bits per heavy atom. The molecule has 122 valence electrons. The van der Waals surface area contributed by atoms with Crippen molar-refractivity contribution in [3.05, 3.63) is 30.0 Å². The van der Waals surface area contributed by atoms with E-state index in [-0.39, 0.29) is 17.7 Å². The molecule has 0 unspecified atom stereocenters. The number of anilines is 2. The number of para-hydroxylation sites is 1. The lowest BCUT2D eigenvalue weighted by Gasteiger charge is -2.18. The molecule has 2 aromatic rings. The molecule has 0 bridgehead atoms. The predicted molar refractivity (Wildman–Crippen MR) is 87.9 cm³/mol. The highest BCUT2D eigenvalue weighted by atomic mass is 16.5. The zero-order valence-electron chi connectivity index (χ0n) is 13.8. The first-order valence-corrected chi connectivity index (χ1v) is 7.65. The molecule has 0 saturated carbocycles. The average molecular weight is 315 g/mol. The van der Waals surface area contributed by atoms with Crippen molar-refractivity contribution in [2.45, 2.75) is 45.8 Å². The van der Waals surface area contributed by atoms with E-state index in [1.807, 2.05) is 45.9 Å². The van der Waals surface area contributed by atoms with Crippen molar-refractivity contribution in [3.63, 3.8) is 0 Å². The molecule has 23 heavy (non-hydrogen) atoms. The fraction of sp³-hybridized carbons (Fsp3) is 0.438. The maximum absolute atomic E-state index is 12.2. The standard InChI is InChI=1S/C16H21N5O2/c1-10(2)21-9-13(19-20-21)18-15(22)17-12-7-5-6-11-8-16(3,4)23-14(11)12/h5-7,9-10H,8H2,1-4H3,(H2,17,18,22). The molecule has 2 amide bonds. The van der Waals surface area contributed by atoms with Gasteiger partial charge in [-0.3, -0.25) is 5.32 Å². The number of fused-ring (bicyclic) bond motifs is 1. The van der Waals surface area contributed by atoms with Crippen LogP contribution in [0.25, 0.3) is 0 Å². The van der Waals surface area contributed by atoms with Gasteiger partial charge in [-0.25, -0.2) is 9.48 Å². The minimum Gasteiger partial charge on any atom is -0.485 e. The lowest BCUT2D eigenvalue weighted by Crippen LogP contribution is -2.25. The molecule has 0 fully saturated rings. The molecule has 1 aliphatic heterocycles. The maximum Gasteiger partial charge on any atom is 0.325 e. The van der Waals surface area contributed by atoms with Gasteiger partial charge < -0.3 is 10.1 Å². The van der Waals surface area contributed by atoms with Crippen LogP contribution in [-0.2, 0) is 6.42 Å². The fourth-order valence-electron chi connectivity index (χ4n) is 2.57. The Kier molecular flexibility index (Phi) is 3.71. The van der Waals surface area contributed by atoms with Crippen LogP contribution in [0.15, 0.2) is 24.4 Å². The number of aromatic nitrogens is 3. The van der Waals surface area contributed by atoms with Crippen molar-refractivity contribution in [3.8, 4) is 5.75 Å². The maximum atomic E-state index is 12.2. The van der Waals surface area contributed by atoms with Crippen molar-refractivity contribution in [1.82, 2.24) is 15.0 Å². The van der Waals surface area contributed by atoms with E-state index in [0.717, 1.165) is 17.7 Å². The molecule has 7 heteroatoms. The minimum absolute atomic E-state index is 0.189. The number of carbonyl (C=O) groups excluding carboxylic acids is 1. The molecule has 1 aliphatic rings. The quantitative estimate of drug-likeness (QED) is 0.911. The van der Waals surface area contributed by atoms with Crippen molar-refractivity contribution >= 4 is 17.5 Å². The van der Waals surface area contributed by atoms with E-state index in [1.165, 1.54) is 0 Å². The highest BCUT2D eigenvalue weighted by Gasteiger charge is 2.32. The fourth-order valence-corrected chi connectivity index (χ4v) is 2.57. The van der Waals surface area contributed by atoms with Crippen LogP contribution in [0.3, 0.4) is 0 Å². The normalized spacial score (nSPS) is 15.2. The molecule has 0 aliphatic carbocycles. The summed E-state index contributed by atoms with van der Waals surface area (Å²) in [5, 5.41) is 13.4. The van der Waals surface area contributed by atoms with Crippen LogP contribution in [0, 0.1) is 0 Å². The summed E-state index contributed by atoms with van der Waals surface area (Å²) in [4.78, 5) is 12.2. The number of hydrogen-bond donors (Lipinski definition) is 2. The van der Waals surface area contributed by atoms with Gasteiger partial charge in [0, 0.05) is 18.0 Å². The average Bonchev–Trinajstić information content (AvgIpc) is 3.02. The number of amides is 2. The lowest BCUT2D eigenvalue weighted by atomic mass is 10.0. The molecular weight excluding hydrogens is 294 g/mol. The lowest BCUT2D eigenvalue weighted by molar-refractivity contribution is 0.139. The molecule has 2 N–H and O–H groups in total. The zero-order valence-corrected chi connectivity index (χ0v) is 13.8. The van der Waals surface area contributed by atoms with Gasteiger partial charge in [0.1, 0.15) is 11.4 Å². The topological polar surface area (TPSA) is 81.1 Å². The van der Waals surface area contributed by atoms with Gasteiger partial charge in [-0.15, -0.1) is 5.10 Å². The summed E-state index contributed by atoms with van der Waals surface area (Å²) in [6.45, 7) is 8.04. The summed E-state index contributed by atoms with van der Waals surface area (Å²) in [6.07, 6.45) is 2.52. The molecular formula is C16H21N5O2. The number of nitrogens with zero attached hydrogens (tertiary/aromatic N) is 3. The molecule has 1 aromatic carbocycles. The number of urea groups is 1. The molecule has 0 saturated heterocycles. The minimum atomic E-state index is -0.373. The van der Waals surface area contributed by atoms with Crippen LogP contribution in [-0.4, -0.2) is 26.6 Å².